The van der Waals surface area contributed by atoms with Crippen LogP contribution in [0.3, 0.4) is 0 Å². The van der Waals surface area contributed by atoms with Gasteiger partial charge in [-0.05, 0) is 95.0 Å². The second-order valence-corrected chi connectivity index (χ2v) is 16.3. The van der Waals surface area contributed by atoms with Crippen molar-refractivity contribution in [1.29, 1.82) is 0 Å². The third-order valence-electron chi connectivity index (χ3n) is 8.15. The maximum absolute atomic E-state index is 14.0. The summed E-state index contributed by atoms with van der Waals surface area (Å²) in [7, 11) is -3.75. The molecule has 0 saturated heterocycles. The van der Waals surface area contributed by atoms with Gasteiger partial charge in [-0.1, -0.05) is 53.0 Å². The Balaban J connectivity index is 2.19. The van der Waals surface area contributed by atoms with Gasteiger partial charge in [-0.25, -0.2) is 8.42 Å². The van der Waals surface area contributed by atoms with Gasteiger partial charge < -0.3 is 15.0 Å². The molecular weight excluding hydrogens is 534 g/mol. The van der Waals surface area contributed by atoms with Crippen molar-refractivity contribution in [2.45, 2.75) is 129 Å². The lowest BCUT2D eigenvalue weighted by molar-refractivity contribution is 0.0694. The largest absolute Gasteiger partial charge is 0.389 e. The molecule has 0 radical (unpaired) electrons. The van der Waals surface area contributed by atoms with Crippen LogP contribution in [0.2, 0.25) is 0 Å². The molecule has 0 bridgehead atoms. The highest BCUT2D eigenvalue weighted by molar-refractivity contribution is 7.89. The molecule has 1 aromatic heterocycles. The number of amides is 1. The van der Waals surface area contributed by atoms with Crippen molar-refractivity contribution in [2.24, 2.45) is 5.92 Å². The summed E-state index contributed by atoms with van der Waals surface area (Å²) < 4.78 is 31.8. The Morgan fingerprint density at radius 2 is 1.63 bits per heavy atom. The SMILES string of the molecule is CCN(C(C)(C)C)S(=O)(=O)c1ccc(-c2cc(C(=O)NCC(C)(C)O)c(C)n2CC2CCCCC2)cc1C(C)(C)C. The molecule has 0 aliphatic heterocycles. The number of benzene rings is 1. The first kappa shape index (κ1) is 33.3. The Morgan fingerprint density at radius 3 is 2.15 bits per heavy atom. The van der Waals surface area contributed by atoms with Gasteiger partial charge in [0.15, 0.2) is 0 Å². The molecule has 230 valence electrons. The van der Waals surface area contributed by atoms with Crippen molar-refractivity contribution in [1.82, 2.24) is 14.2 Å². The molecule has 1 heterocycles. The summed E-state index contributed by atoms with van der Waals surface area (Å²) in [5, 5.41) is 13.1. The number of aliphatic hydroxyl groups is 1. The lowest BCUT2D eigenvalue weighted by atomic mass is 9.85. The van der Waals surface area contributed by atoms with Crippen molar-refractivity contribution >= 4 is 15.9 Å². The van der Waals surface area contributed by atoms with Gasteiger partial charge in [-0.3, -0.25) is 4.79 Å². The summed E-state index contributed by atoms with van der Waals surface area (Å²) in [6.45, 7) is 20.4. The predicted molar refractivity (Wildman–Crippen MR) is 168 cm³/mol. The number of hydrogen-bond acceptors (Lipinski definition) is 4. The van der Waals surface area contributed by atoms with Gasteiger partial charge in [-0.15, -0.1) is 0 Å². The van der Waals surface area contributed by atoms with Crippen LogP contribution in [0.1, 0.15) is 116 Å². The monoisotopic (exact) mass is 587 g/mol. The maximum Gasteiger partial charge on any atom is 0.253 e. The van der Waals surface area contributed by atoms with Gasteiger partial charge in [0.2, 0.25) is 10.0 Å². The van der Waals surface area contributed by atoms with E-state index < -0.39 is 26.6 Å². The summed E-state index contributed by atoms with van der Waals surface area (Å²) in [6, 6.07) is 7.58. The number of sulfonamides is 1. The van der Waals surface area contributed by atoms with Crippen LogP contribution in [0.25, 0.3) is 11.3 Å². The first-order valence-corrected chi connectivity index (χ1v) is 16.6. The zero-order valence-electron chi connectivity index (χ0n) is 27.0. The van der Waals surface area contributed by atoms with Gasteiger partial charge in [0.1, 0.15) is 0 Å². The molecule has 2 N–H and O–H groups in total. The van der Waals surface area contributed by atoms with E-state index in [9.17, 15) is 18.3 Å². The standard InChI is InChI=1S/C33H53N3O4S/c1-11-36(32(6,7)8)41(39,40)29-18-17-25(19-27(29)31(3,4)5)28-20-26(30(37)34-22-33(9,10)38)23(2)35(28)21-24-15-13-12-14-16-24/h17-20,24,38H,11-16,21-22H2,1-10H3,(H,34,37). The Labute approximate surface area is 248 Å². The van der Waals surface area contributed by atoms with Gasteiger partial charge >= 0.3 is 0 Å². The molecular formula is C33H53N3O4S. The van der Waals surface area contributed by atoms with Gasteiger partial charge in [0.05, 0.1) is 16.1 Å². The Bertz CT molecular complexity index is 1330. The number of aromatic nitrogens is 1. The van der Waals surface area contributed by atoms with Gasteiger partial charge in [0, 0.05) is 36.6 Å². The highest BCUT2D eigenvalue weighted by Gasteiger charge is 2.36. The van der Waals surface area contributed by atoms with E-state index in [1.807, 2.05) is 73.6 Å². The van der Waals surface area contributed by atoms with Crippen LogP contribution in [-0.2, 0) is 22.0 Å². The molecule has 1 amide bonds. The number of hydrogen-bond donors (Lipinski definition) is 2. The van der Waals surface area contributed by atoms with Crippen LogP contribution in [0, 0.1) is 12.8 Å². The van der Waals surface area contributed by atoms with Crippen molar-refractivity contribution in [2.75, 3.05) is 13.1 Å². The minimum atomic E-state index is -3.75. The van der Waals surface area contributed by atoms with Gasteiger partial charge in [-0.2, -0.15) is 4.31 Å². The smallest absolute Gasteiger partial charge is 0.253 e. The lowest BCUT2D eigenvalue weighted by Gasteiger charge is -2.35. The highest BCUT2D eigenvalue weighted by atomic mass is 32.2. The van der Waals surface area contributed by atoms with E-state index in [2.05, 4.69) is 9.88 Å². The quantitative estimate of drug-likeness (QED) is 0.344. The molecule has 2 aromatic rings. The first-order chi connectivity index (χ1) is 18.8. The normalized spacial score (nSPS) is 15.9. The summed E-state index contributed by atoms with van der Waals surface area (Å²) in [4.78, 5) is 13.6. The molecule has 0 unspecified atom stereocenters. The van der Waals surface area contributed by atoms with E-state index in [0.29, 0.717) is 22.9 Å². The van der Waals surface area contributed by atoms with E-state index in [1.54, 1.807) is 24.2 Å². The second kappa shape index (κ2) is 12.2. The minimum absolute atomic E-state index is 0.150. The fourth-order valence-corrected chi connectivity index (χ4v) is 8.17. The van der Waals surface area contributed by atoms with Crippen molar-refractivity contribution < 1.29 is 18.3 Å². The summed E-state index contributed by atoms with van der Waals surface area (Å²) in [5.74, 6) is 0.319. The van der Waals surface area contributed by atoms with E-state index in [4.69, 9.17) is 0 Å². The average molecular weight is 588 g/mol. The molecule has 1 fully saturated rings. The minimum Gasteiger partial charge on any atom is -0.389 e. The van der Waals surface area contributed by atoms with Crippen LogP contribution in [-0.4, -0.2) is 52.5 Å². The molecule has 1 aliphatic rings. The van der Waals surface area contributed by atoms with Crippen LogP contribution < -0.4 is 5.32 Å². The molecule has 0 spiro atoms. The van der Waals surface area contributed by atoms with Gasteiger partial charge in [0.25, 0.3) is 5.91 Å². The second-order valence-electron chi connectivity index (χ2n) is 14.4. The van der Waals surface area contributed by atoms with Crippen LogP contribution in [0.5, 0.6) is 0 Å². The summed E-state index contributed by atoms with van der Waals surface area (Å²) in [5.41, 5.74) is 2.04. The molecule has 3 rings (SSSR count). The molecule has 8 heteroatoms. The van der Waals surface area contributed by atoms with Crippen LogP contribution >= 0.6 is 0 Å². The third-order valence-corrected chi connectivity index (χ3v) is 10.4. The third kappa shape index (κ3) is 7.82. The number of nitrogens with one attached hydrogen (secondary N) is 1. The zero-order valence-corrected chi connectivity index (χ0v) is 27.8. The molecule has 1 aromatic carbocycles. The fraction of sp³-hybridized carbons (Fsp3) is 0.667. The van der Waals surface area contributed by atoms with Crippen molar-refractivity contribution in [3.63, 3.8) is 0 Å². The zero-order chi connectivity index (χ0) is 31.0. The van der Waals surface area contributed by atoms with Crippen LogP contribution in [0.4, 0.5) is 0 Å². The predicted octanol–water partition coefficient (Wildman–Crippen LogP) is 6.65. The highest BCUT2D eigenvalue weighted by Crippen LogP contribution is 2.38. The maximum atomic E-state index is 14.0. The Hall–Kier alpha value is -2.16. The lowest BCUT2D eigenvalue weighted by Crippen LogP contribution is -2.45. The van der Waals surface area contributed by atoms with Crippen LogP contribution in [0.15, 0.2) is 29.2 Å². The molecule has 7 nitrogen and oxygen atoms in total. The average Bonchev–Trinajstić information content (AvgIpc) is 3.17. The van der Waals surface area contributed by atoms with Crippen molar-refractivity contribution in [3.8, 4) is 11.3 Å². The fourth-order valence-electron chi connectivity index (χ4n) is 5.99. The topological polar surface area (TPSA) is 91.6 Å². The Morgan fingerprint density at radius 1 is 1.02 bits per heavy atom. The molecule has 1 aliphatic carbocycles. The number of nitrogens with zero attached hydrogens (tertiary/aromatic N) is 2. The molecule has 41 heavy (non-hydrogen) atoms. The summed E-state index contributed by atoms with van der Waals surface area (Å²) >= 11 is 0. The van der Waals surface area contributed by atoms with E-state index in [-0.39, 0.29) is 12.5 Å². The van der Waals surface area contributed by atoms with E-state index in [1.165, 1.54) is 32.1 Å². The van der Waals surface area contributed by atoms with Crippen molar-refractivity contribution in [3.05, 3.63) is 41.1 Å². The van der Waals surface area contributed by atoms with E-state index >= 15 is 0 Å². The molecule has 0 atom stereocenters. The summed E-state index contributed by atoms with van der Waals surface area (Å²) in [6.07, 6.45) is 6.05. The van der Waals surface area contributed by atoms with E-state index in [0.717, 1.165) is 29.1 Å². The number of carbonyl (C=O) groups excluding carboxylic acids is 1. The number of carbonyl (C=O) groups is 1. The first-order valence-electron chi connectivity index (χ1n) is 15.2. The molecule has 1 saturated carbocycles. The number of rotatable bonds is 9. The Kier molecular flexibility index (Phi) is 9.93.